The molecule has 3 aromatic carbocycles. The van der Waals surface area contributed by atoms with Crippen LogP contribution in [0.4, 0.5) is 5.88 Å². The van der Waals surface area contributed by atoms with E-state index in [1.54, 1.807) is 68.4 Å². The van der Waals surface area contributed by atoms with Gasteiger partial charge in [-0.15, -0.1) is 0 Å². The zero-order chi connectivity index (χ0) is 29.1. The van der Waals surface area contributed by atoms with Crippen LogP contribution in [0.1, 0.15) is 22.4 Å². The summed E-state index contributed by atoms with van der Waals surface area (Å²) in [6, 6.07) is 19.3. The minimum Gasteiger partial charge on any atom is -0.445 e. The normalized spacial score (nSPS) is 11.4. The molecule has 0 bridgehead atoms. The van der Waals surface area contributed by atoms with Crippen LogP contribution in [0, 0.1) is 13.8 Å². The molecule has 0 saturated carbocycles. The smallest absolute Gasteiger partial charge is 0.264 e. The number of rotatable bonds is 9. The van der Waals surface area contributed by atoms with Crippen LogP contribution >= 0.6 is 11.6 Å². The predicted octanol–water partition coefficient (Wildman–Crippen LogP) is 6.27. The maximum absolute atomic E-state index is 13.6. The summed E-state index contributed by atoms with van der Waals surface area (Å²) >= 11 is 6.28. The first-order valence-electron chi connectivity index (χ1n) is 12.7. The van der Waals surface area contributed by atoms with Crippen LogP contribution in [0.5, 0.6) is 0 Å². The molecular weight excluding hydrogens is 564 g/mol. The number of likely N-dealkylation sites (N-methyl/N-ethyl adjacent to an activating group) is 1. The highest BCUT2D eigenvalue weighted by Gasteiger charge is 2.25. The number of carbonyl (C=O) groups excluding carboxylic acids is 1. The highest BCUT2D eigenvalue weighted by molar-refractivity contribution is 7.92. The number of oxazole rings is 1. The Balaban J connectivity index is 1.54. The van der Waals surface area contributed by atoms with Crippen LogP contribution < -0.4 is 4.72 Å². The second kappa shape index (κ2) is 11.6. The fraction of sp³-hybridized carbons (Fsp3) is 0.167. The molecule has 5 rings (SSSR count). The van der Waals surface area contributed by atoms with Gasteiger partial charge in [-0.25, -0.2) is 18.1 Å². The van der Waals surface area contributed by atoms with E-state index in [-0.39, 0.29) is 29.7 Å². The van der Waals surface area contributed by atoms with Gasteiger partial charge in [0.05, 0.1) is 23.2 Å². The summed E-state index contributed by atoms with van der Waals surface area (Å²) in [6.45, 7) is 3.65. The van der Waals surface area contributed by atoms with Crippen molar-refractivity contribution in [3.8, 4) is 22.6 Å². The van der Waals surface area contributed by atoms with E-state index in [0.29, 0.717) is 44.4 Å². The third kappa shape index (κ3) is 6.03. The molecule has 0 atom stereocenters. The van der Waals surface area contributed by atoms with Crippen LogP contribution in [0.3, 0.4) is 0 Å². The highest BCUT2D eigenvalue weighted by Crippen LogP contribution is 2.35. The molecule has 0 fully saturated rings. The molecule has 0 aliphatic heterocycles. The number of anilines is 1. The van der Waals surface area contributed by atoms with Gasteiger partial charge in [0.2, 0.25) is 17.7 Å². The molecule has 41 heavy (non-hydrogen) atoms. The van der Waals surface area contributed by atoms with Gasteiger partial charge in [-0.05, 0) is 54.8 Å². The van der Waals surface area contributed by atoms with E-state index in [9.17, 15) is 13.2 Å². The van der Waals surface area contributed by atoms with E-state index in [1.165, 1.54) is 12.3 Å². The largest absolute Gasteiger partial charge is 0.445 e. The molecule has 0 aliphatic rings. The minimum absolute atomic E-state index is 0.0450. The molecule has 1 N–H and O–H groups in total. The first-order valence-corrected chi connectivity index (χ1v) is 14.6. The summed E-state index contributed by atoms with van der Waals surface area (Å²) in [7, 11) is -2.38. The number of benzene rings is 3. The van der Waals surface area contributed by atoms with Crippen LogP contribution in [-0.2, 0) is 27.8 Å². The SMILES string of the molecule is Cc1noc(NS(=O)(=O)c2ccccc2-c2ccc(-c3ncco3)cc2CN(C)C(=O)Cc2ccccc2Cl)c1C. The Morgan fingerprint density at radius 1 is 1.00 bits per heavy atom. The van der Waals surface area contributed by atoms with Crippen LogP contribution in [0.25, 0.3) is 22.6 Å². The molecule has 5 aromatic rings. The molecule has 0 spiro atoms. The van der Waals surface area contributed by atoms with Gasteiger partial charge in [0, 0.05) is 35.3 Å². The van der Waals surface area contributed by atoms with Crippen molar-refractivity contribution in [3.05, 3.63) is 107 Å². The third-order valence-electron chi connectivity index (χ3n) is 6.77. The van der Waals surface area contributed by atoms with Crippen molar-refractivity contribution in [2.24, 2.45) is 0 Å². The fourth-order valence-electron chi connectivity index (χ4n) is 4.38. The standard InChI is InChI=1S/C30H27ClN4O5S/c1-19-20(2)33-40-29(19)34-41(37,38)27-11-7-5-9-25(27)24-13-12-22(30-32-14-15-39-30)16-23(24)18-35(3)28(36)17-21-8-4-6-10-26(21)31/h4-16,34H,17-18H2,1-3H3. The van der Waals surface area contributed by atoms with Gasteiger partial charge in [0.1, 0.15) is 6.26 Å². The van der Waals surface area contributed by atoms with Gasteiger partial charge in [-0.3, -0.25) is 4.79 Å². The van der Waals surface area contributed by atoms with Crippen molar-refractivity contribution in [1.82, 2.24) is 15.0 Å². The van der Waals surface area contributed by atoms with E-state index >= 15 is 0 Å². The summed E-state index contributed by atoms with van der Waals surface area (Å²) in [4.78, 5) is 19.1. The highest BCUT2D eigenvalue weighted by atomic mass is 35.5. The number of nitrogens with zero attached hydrogens (tertiary/aromatic N) is 3. The Labute approximate surface area is 242 Å². The van der Waals surface area contributed by atoms with Crippen molar-refractivity contribution in [2.75, 3.05) is 11.8 Å². The second-order valence-electron chi connectivity index (χ2n) is 9.55. The molecule has 1 amide bonds. The monoisotopic (exact) mass is 590 g/mol. The number of carbonyl (C=O) groups is 1. The van der Waals surface area contributed by atoms with Crippen molar-refractivity contribution in [2.45, 2.75) is 31.7 Å². The Morgan fingerprint density at radius 3 is 2.46 bits per heavy atom. The van der Waals surface area contributed by atoms with Gasteiger partial charge in [0.15, 0.2) is 0 Å². The summed E-state index contributed by atoms with van der Waals surface area (Å²) in [5.74, 6) is 0.313. The number of aromatic nitrogens is 2. The van der Waals surface area contributed by atoms with Gasteiger partial charge in [-0.1, -0.05) is 59.2 Å². The Morgan fingerprint density at radius 2 is 1.76 bits per heavy atom. The maximum Gasteiger partial charge on any atom is 0.264 e. The summed E-state index contributed by atoms with van der Waals surface area (Å²) in [6.07, 6.45) is 3.14. The van der Waals surface area contributed by atoms with Crippen LogP contribution in [0.2, 0.25) is 5.02 Å². The molecule has 0 radical (unpaired) electrons. The zero-order valence-corrected chi connectivity index (χ0v) is 24.2. The summed E-state index contributed by atoms with van der Waals surface area (Å²) < 4.78 is 40.4. The van der Waals surface area contributed by atoms with Crippen molar-refractivity contribution >= 4 is 33.4 Å². The number of hydrogen-bond donors (Lipinski definition) is 1. The molecule has 11 heteroatoms. The van der Waals surface area contributed by atoms with E-state index < -0.39 is 10.0 Å². The molecule has 0 saturated heterocycles. The lowest BCUT2D eigenvalue weighted by Crippen LogP contribution is -2.28. The first-order chi connectivity index (χ1) is 19.6. The van der Waals surface area contributed by atoms with E-state index in [4.69, 9.17) is 20.5 Å². The van der Waals surface area contributed by atoms with Crippen LogP contribution in [0.15, 0.2) is 93.0 Å². The Hall–Kier alpha value is -4.41. The van der Waals surface area contributed by atoms with E-state index in [2.05, 4.69) is 14.9 Å². The maximum atomic E-state index is 13.6. The first kappa shape index (κ1) is 28.1. The fourth-order valence-corrected chi connectivity index (χ4v) is 5.85. The zero-order valence-electron chi connectivity index (χ0n) is 22.6. The average Bonchev–Trinajstić information content (AvgIpc) is 3.61. The number of aryl methyl sites for hydroxylation is 1. The Bertz CT molecular complexity index is 1820. The minimum atomic E-state index is -4.07. The topological polar surface area (TPSA) is 119 Å². The summed E-state index contributed by atoms with van der Waals surface area (Å²) in [5, 5.41) is 4.36. The van der Waals surface area contributed by atoms with Crippen LogP contribution in [-0.4, -0.2) is 36.4 Å². The van der Waals surface area contributed by atoms with Gasteiger partial charge in [0.25, 0.3) is 10.0 Å². The number of nitrogens with one attached hydrogen (secondary N) is 1. The van der Waals surface area contributed by atoms with E-state index in [0.717, 1.165) is 5.56 Å². The lowest BCUT2D eigenvalue weighted by Gasteiger charge is -2.21. The van der Waals surface area contributed by atoms with Gasteiger partial charge >= 0.3 is 0 Å². The van der Waals surface area contributed by atoms with Gasteiger partial charge in [-0.2, -0.15) is 0 Å². The number of halogens is 1. The quantitative estimate of drug-likeness (QED) is 0.215. The van der Waals surface area contributed by atoms with Crippen molar-refractivity contribution in [3.63, 3.8) is 0 Å². The number of amides is 1. The molecule has 0 aliphatic carbocycles. The van der Waals surface area contributed by atoms with Crippen molar-refractivity contribution < 1.29 is 22.2 Å². The summed E-state index contributed by atoms with van der Waals surface area (Å²) in [5.41, 5.74) is 4.38. The third-order valence-corrected chi connectivity index (χ3v) is 8.53. The molecule has 9 nitrogen and oxygen atoms in total. The molecule has 210 valence electrons. The lowest BCUT2D eigenvalue weighted by atomic mass is 9.96. The molecular formula is C30H27ClN4O5S. The number of hydrogen-bond acceptors (Lipinski definition) is 7. The molecule has 0 unspecified atom stereocenters. The number of sulfonamides is 1. The van der Waals surface area contributed by atoms with E-state index in [1.807, 2.05) is 24.3 Å². The van der Waals surface area contributed by atoms with Crippen molar-refractivity contribution in [1.29, 1.82) is 0 Å². The average molecular weight is 591 g/mol. The Kier molecular flexibility index (Phi) is 7.96. The molecule has 2 aromatic heterocycles. The predicted molar refractivity (Wildman–Crippen MR) is 156 cm³/mol. The molecule has 2 heterocycles. The second-order valence-corrected chi connectivity index (χ2v) is 11.6. The lowest BCUT2D eigenvalue weighted by molar-refractivity contribution is -0.129. The van der Waals surface area contributed by atoms with Gasteiger partial charge < -0.3 is 13.8 Å².